The van der Waals surface area contributed by atoms with Crippen LogP contribution in [0.1, 0.15) is 76.7 Å². The van der Waals surface area contributed by atoms with Crippen molar-refractivity contribution >= 4 is 11.1 Å². The lowest BCUT2D eigenvalue weighted by molar-refractivity contribution is 0.556. The zero-order chi connectivity index (χ0) is 20.6. The van der Waals surface area contributed by atoms with Crippen LogP contribution < -0.4 is 10.4 Å². The van der Waals surface area contributed by atoms with Gasteiger partial charge in [0.05, 0.1) is 0 Å². The maximum atomic E-state index is 9.20. The molecular weight excluding hydrogens is 344 g/mol. The molecular formula is C24H28N4. The Morgan fingerprint density at radius 2 is 1.18 bits per heavy atom. The second-order valence-electron chi connectivity index (χ2n) is 7.00. The third-order valence-electron chi connectivity index (χ3n) is 4.91. The SMILES string of the molecule is CCCCCCCCCCCCc1cc(=C(C#N)C#N)ccc1=C(C#N)C#N. The molecule has 0 N–H and O–H groups in total. The lowest BCUT2D eigenvalue weighted by Crippen LogP contribution is -2.18. The van der Waals surface area contributed by atoms with E-state index >= 15 is 0 Å². The van der Waals surface area contributed by atoms with Gasteiger partial charge in [0, 0.05) is 10.4 Å². The standard InChI is InChI=1S/C24H28N4/c1-2-3-4-5-6-7-8-9-10-11-12-21-15-20(22(16-25)17-26)13-14-24(21)23(18-27)19-28/h13-15H,2-12H2,1H3. The van der Waals surface area contributed by atoms with Crippen LogP contribution in [0.5, 0.6) is 0 Å². The van der Waals surface area contributed by atoms with Crippen LogP contribution in [0.25, 0.3) is 11.1 Å². The summed E-state index contributed by atoms with van der Waals surface area (Å²) in [5.74, 6) is 0. The van der Waals surface area contributed by atoms with Gasteiger partial charge in [-0.25, -0.2) is 0 Å². The predicted molar refractivity (Wildman–Crippen MR) is 111 cm³/mol. The molecule has 0 unspecified atom stereocenters. The Bertz CT molecular complexity index is 882. The number of rotatable bonds is 11. The maximum Gasteiger partial charge on any atom is 0.137 e. The molecule has 0 saturated heterocycles. The van der Waals surface area contributed by atoms with Gasteiger partial charge in [-0.15, -0.1) is 0 Å². The summed E-state index contributed by atoms with van der Waals surface area (Å²) in [5.41, 5.74) is 0.980. The Balaban J connectivity index is 2.73. The van der Waals surface area contributed by atoms with Crippen molar-refractivity contribution in [1.82, 2.24) is 0 Å². The van der Waals surface area contributed by atoms with Gasteiger partial charge < -0.3 is 0 Å². The molecule has 1 aromatic rings. The highest BCUT2D eigenvalue weighted by Crippen LogP contribution is 2.11. The van der Waals surface area contributed by atoms with Crippen LogP contribution in [0.15, 0.2) is 18.2 Å². The molecule has 0 atom stereocenters. The molecule has 1 rings (SSSR count). The second-order valence-corrected chi connectivity index (χ2v) is 7.00. The minimum atomic E-state index is 0.0475. The van der Waals surface area contributed by atoms with E-state index in [0.717, 1.165) is 24.8 Å². The van der Waals surface area contributed by atoms with Gasteiger partial charge >= 0.3 is 0 Å². The quantitative estimate of drug-likeness (QED) is 0.532. The van der Waals surface area contributed by atoms with E-state index in [2.05, 4.69) is 6.92 Å². The summed E-state index contributed by atoms with van der Waals surface area (Å²) in [6.45, 7) is 2.23. The first-order chi connectivity index (χ1) is 13.7. The van der Waals surface area contributed by atoms with Crippen molar-refractivity contribution in [1.29, 1.82) is 21.0 Å². The molecule has 0 aliphatic heterocycles. The van der Waals surface area contributed by atoms with E-state index in [1.807, 2.05) is 24.3 Å². The van der Waals surface area contributed by atoms with Crippen molar-refractivity contribution in [3.05, 3.63) is 34.2 Å². The maximum absolute atomic E-state index is 9.20. The minimum Gasteiger partial charge on any atom is -0.192 e. The van der Waals surface area contributed by atoms with Crippen LogP contribution in [0, 0.1) is 45.3 Å². The molecule has 0 spiro atoms. The number of hydrogen-bond donors (Lipinski definition) is 0. The Kier molecular flexibility index (Phi) is 11.5. The van der Waals surface area contributed by atoms with Gasteiger partial charge in [-0.1, -0.05) is 76.8 Å². The van der Waals surface area contributed by atoms with Crippen molar-refractivity contribution in [2.45, 2.75) is 77.6 Å². The Morgan fingerprint density at radius 1 is 0.679 bits per heavy atom. The fourth-order valence-electron chi connectivity index (χ4n) is 3.30. The number of unbranched alkanes of at least 4 members (excludes halogenated alkanes) is 9. The highest BCUT2D eigenvalue weighted by Gasteiger charge is 2.04. The summed E-state index contributed by atoms with van der Waals surface area (Å²) < 4.78 is 0. The molecule has 28 heavy (non-hydrogen) atoms. The normalized spacial score (nSPS) is 9.61. The van der Waals surface area contributed by atoms with Crippen LogP contribution in [0.2, 0.25) is 0 Å². The molecule has 1 aromatic carbocycles. The summed E-state index contributed by atoms with van der Waals surface area (Å²) in [5, 5.41) is 37.7. The van der Waals surface area contributed by atoms with Crippen LogP contribution >= 0.6 is 0 Å². The molecule has 0 amide bonds. The molecule has 0 fully saturated rings. The zero-order valence-corrected chi connectivity index (χ0v) is 16.8. The van der Waals surface area contributed by atoms with Gasteiger partial charge in [0.2, 0.25) is 0 Å². The Labute approximate surface area is 168 Å². The molecule has 0 bridgehead atoms. The highest BCUT2D eigenvalue weighted by atomic mass is 14.3. The number of benzene rings is 1. The fraction of sp³-hybridized carbons (Fsp3) is 0.500. The first-order valence-corrected chi connectivity index (χ1v) is 10.2. The smallest absolute Gasteiger partial charge is 0.137 e. The molecule has 0 saturated carbocycles. The second kappa shape index (κ2) is 14.0. The number of nitriles is 4. The predicted octanol–water partition coefficient (Wildman–Crippen LogP) is 4.55. The van der Waals surface area contributed by atoms with Crippen molar-refractivity contribution in [2.24, 2.45) is 0 Å². The lowest BCUT2D eigenvalue weighted by atomic mass is 9.99. The van der Waals surface area contributed by atoms with E-state index in [4.69, 9.17) is 10.5 Å². The Morgan fingerprint density at radius 3 is 1.68 bits per heavy atom. The average molecular weight is 373 g/mol. The van der Waals surface area contributed by atoms with Gasteiger partial charge in [-0.05, 0) is 24.5 Å². The summed E-state index contributed by atoms with van der Waals surface area (Å²) >= 11 is 0. The van der Waals surface area contributed by atoms with Gasteiger partial charge in [0.25, 0.3) is 0 Å². The summed E-state index contributed by atoms with van der Waals surface area (Å²) in [6.07, 6.45) is 13.1. The fourth-order valence-corrected chi connectivity index (χ4v) is 3.30. The van der Waals surface area contributed by atoms with Crippen molar-refractivity contribution in [3.8, 4) is 24.3 Å². The molecule has 0 aliphatic rings. The van der Waals surface area contributed by atoms with E-state index in [9.17, 15) is 10.5 Å². The van der Waals surface area contributed by atoms with Crippen molar-refractivity contribution < 1.29 is 0 Å². The van der Waals surface area contributed by atoms with Crippen LogP contribution in [-0.2, 0) is 6.42 Å². The van der Waals surface area contributed by atoms with Crippen LogP contribution in [-0.4, -0.2) is 0 Å². The van der Waals surface area contributed by atoms with E-state index in [1.165, 1.54) is 51.4 Å². The first kappa shape index (κ1) is 23.0. The van der Waals surface area contributed by atoms with E-state index in [0.29, 0.717) is 10.4 Å². The number of aryl methyl sites for hydroxylation is 1. The first-order valence-electron chi connectivity index (χ1n) is 10.2. The van der Waals surface area contributed by atoms with Gasteiger partial charge in [0.15, 0.2) is 0 Å². The largest absolute Gasteiger partial charge is 0.192 e. The van der Waals surface area contributed by atoms with Crippen molar-refractivity contribution in [2.75, 3.05) is 0 Å². The lowest BCUT2D eigenvalue weighted by Gasteiger charge is -2.05. The molecule has 4 heteroatoms. The minimum absolute atomic E-state index is 0.0475. The zero-order valence-electron chi connectivity index (χ0n) is 16.8. The topological polar surface area (TPSA) is 95.2 Å². The highest BCUT2D eigenvalue weighted by molar-refractivity contribution is 5.75. The summed E-state index contributed by atoms with van der Waals surface area (Å²) in [6, 6.07) is 12.8. The summed E-state index contributed by atoms with van der Waals surface area (Å²) in [7, 11) is 0. The van der Waals surface area contributed by atoms with E-state index in [-0.39, 0.29) is 11.1 Å². The number of hydrogen-bond acceptors (Lipinski definition) is 4. The van der Waals surface area contributed by atoms with Gasteiger partial charge in [-0.3, -0.25) is 0 Å². The summed E-state index contributed by atoms with van der Waals surface area (Å²) in [4.78, 5) is 0. The average Bonchev–Trinajstić information content (AvgIpc) is 2.72. The van der Waals surface area contributed by atoms with E-state index in [1.54, 1.807) is 18.2 Å². The molecule has 0 aromatic heterocycles. The third kappa shape index (κ3) is 7.66. The van der Waals surface area contributed by atoms with Gasteiger partial charge in [0.1, 0.15) is 35.4 Å². The van der Waals surface area contributed by atoms with Crippen LogP contribution in [0.3, 0.4) is 0 Å². The van der Waals surface area contributed by atoms with E-state index < -0.39 is 0 Å². The molecule has 0 heterocycles. The Hall–Kier alpha value is -3.08. The van der Waals surface area contributed by atoms with Crippen molar-refractivity contribution in [3.63, 3.8) is 0 Å². The monoisotopic (exact) mass is 372 g/mol. The molecule has 0 aliphatic carbocycles. The third-order valence-corrected chi connectivity index (χ3v) is 4.91. The van der Waals surface area contributed by atoms with Gasteiger partial charge in [-0.2, -0.15) is 21.0 Å². The molecule has 144 valence electrons. The molecule has 4 nitrogen and oxygen atoms in total. The molecule has 0 radical (unpaired) electrons. The van der Waals surface area contributed by atoms with Crippen LogP contribution in [0.4, 0.5) is 0 Å². The number of nitrogens with zero attached hydrogens (tertiary/aromatic N) is 4.